The summed E-state index contributed by atoms with van der Waals surface area (Å²) < 4.78 is 1.73. The van der Waals surface area contributed by atoms with Crippen LogP contribution in [0.1, 0.15) is 24.2 Å². The van der Waals surface area contributed by atoms with Gasteiger partial charge in [0, 0.05) is 18.7 Å². The number of rotatable bonds is 7. The van der Waals surface area contributed by atoms with Crippen molar-refractivity contribution in [3.63, 3.8) is 0 Å². The SMILES string of the molecule is CCN(/C=N/c1c(C=O)c(-c2ccccc2)nn1-c1ccccc1)CC. The lowest BCUT2D eigenvalue weighted by Crippen LogP contribution is -2.20. The van der Waals surface area contributed by atoms with Crippen molar-refractivity contribution in [3.8, 4) is 16.9 Å². The van der Waals surface area contributed by atoms with Gasteiger partial charge in [0.25, 0.3) is 0 Å². The number of benzene rings is 2. The first kappa shape index (κ1) is 17.6. The number of aldehydes is 1. The molecule has 1 aromatic heterocycles. The van der Waals surface area contributed by atoms with Crippen LogP contribution in [0, 0.1) is 0 Å². The summed E-state index contributed by atoms with van der Waals surface area (Å²) in [6.45, 7) is 5.84. The van der Waals surface area contributed by atoms with Crippen molar-refractivity contribution < 1.29 is 4.79 Å². The quantitative estimate of drug-likeness (QED) is 0.363. The minimum Gasteiger partial charge on any atom is -0.363 e. The molecule has 132 valence electrons. The third kappa shape index (κ3) is 3.57. The van der Waals surface area contributed by atoms with Gasteiger partial charge in [-0.2, -0.15) is 5.10 Å². The number of aliphatic imine (C=N–C) groups is 1. The van der Waals surface area contributed by atoms with Crippen LogP contribution in [0.15, 0.2) is 65.7 Å². The summed E-state index contributed by atoms with van der Waals surface area (Å²) in [4.78, 5) is 18.6. The van der Waals surface area contributed by atoms with Crippen molar-refractivity contribution in [1.29, 1.82) is 0 Å². The van der Waals surface area contributed by atoms with Gasteiger partial charge >= 0.3 is 0 Å². The Hall–Kier alpha value is -3.21. The van der Waals surface area contributed by atoms with Crippen molar-refractivity contribution in [2.75, 3.05) is 13.1 Å². The Morgan fingerprint density at radius 2 is 1.62 bits per heavy atom. The van der Waals surface area contributed by atoms with Gasteiger partial charge in [0.2, 0.25) is 0 Å². The highest BCUT2D eigenvalue weighted by Crippen LogP contribution is 2.31. The number of nitrogens with zero attached hydrogens (tertiary/aromatic N) is 4. The van der Waals surface area contributed by atoms with E-state index in [1.54, 1.807) is 11.0 Å². The van der Waals surface area contributed by atoms with E-state index in [4.69, 9.17) is 5.10 Å². The highest BCUT2D eigenvalue weighted by Gasteiger charge is 2.19. The molecule has 2 aromatic carbocycles. The molecule has 5 nitrogen and oxygen atoms in total. The van der Waals surface area contributed by atoms with Crippen molar-refractivity contribution in [1.82, 2.24) is 14.7 Å². The molecule has 5 heteroatoms. The van der Waals surface area contributed by atoms with Crippen LogP contribution in [0.2, 0.25) is 0 Å². The highest BCUT2D eigenvalue weighted by atomic mass is 16.1. The van der Waals surface area contributed by atoms with Crippen LogP contribution in [0.5, 0.6) is 0 Å². The van der Waals surface area contributed by atoms with E-state index in [1.807, 2.05) is 60.7 Å². The minimum absolute atomic E-state index is 0.489. The molecule has 0 saturated carbocycles. The average Bonchev–Trinajstić information content (AvgIpc) is 3.08. The van der Waals surface area contributed by atoms with E-state index in [0.717, 1.165) is 30.6 Å². The Bertz CT molecular complexity index is 881. The molecule has 0 amide bonds. The van der Waals surface area contributed by atoms with E-state index < -0.39 is 0 Å². The molecule has 3 rings (SSSR count). The molecular weight excluding hydrogens is 324 g/mol. The molecular formula is C21H22N4O. The van der Waals surface area contributed by atoms with Gasteiger partial charge in [0.1, 0.15) is 5.69 Å². The zero-order valence-corrected chi connectivity index (χ0v) is 15.0. The smallest absolute Gasteiger partial charge is 0.168 e. The van der Waals surface area contributed by atoms with Crippen LogP contribution in [0.3, 0.4) is 0 Å². The van der Waals surface area contributed by atoms with Crippen LogP contribution in [-0.4, -0.2) is 40.4 Å². The van der Waals surface area contributed by atoms with E-state index in [0.29, 0.717) is 17.1 Å². The van der Waals surface area contributed by atoms with Crippen LogP contribution in [0.25, 0.3) is 16.9 Å². The fourth-order valence-corrected chi connectivity index (χ4v) is 2.74. The minimum atomic E-state index is 0.489. The topological polar surface area (TPSA) is 50.5 Å². The molecule has 0 spiro atoms. The molecule has 0 aliphatic heterocycles. The van der Waals surface area contributed by atoms with Gasteiger partial charge in [-0.3, -0.25) is 4.79 Å². The number of aromatic nitrogens is 2. The van der Waals surface area contributed by atoms with Crippen molar-refractivity contribution in [3.05, 3.63) is 66.2 Å². The van der Waals surface area contributed by atoms with E-state index in [2.05, 4.69) is 23.7 Å². The number of carbonyl (C=O) groups excluding carboxylic acids is 1. The van der Waals surface area contributed by atoms with Crippen molar-refractivity contribution >= 4 is 18.4 Å². The third-order valence-corrected chi connectivity index (χ3v) is 4.22. The van der Waals surface area contributed by atoms with Gasteiger partial charge in [-0.05, 0) is 26.0 Å². The molecule has 0 atom stereocenters. The first-order chi connectivity index (χ1) is 12.8. The molecule has 0 N–H and O–H groups in total. The third-order valence-electron chi connectivity index (χ3n) is 4.22. The summed E-state index contributed by atoms with van der Waals surface area (Å²) in [5, 5.41) is 4.70. The van der Waals surface area contributed by atoms with Crippen LogP contribution in [0.4, 0.5) is 5.82 Å². The van der Waals surface area contributed by atoms with Crippen molar-refractivity contribution in [2.24, 2.45) is 4.99 Å². The van der Waals surface area contributed by atoms with Gasteiger partial charge in [-0.15, -0.1) is 0 Å². The van der Waals surface area contributed by atoms with E-state index in [-0.39, 0.29) is 0 Å². The molecule has 0 unspecified atom stereocenters. The van der Waals surface area contributed by atoms with Crippen LogP contribution < -0.4 is 0 Å². The summed E-state index contributed by atoms with van der Waals surface area (Å²) in [5.41, 5.74) is 2.88. The van der Waals surface area contributed by atoms with E-state index in [9.17, 15) is 4.79 Å². The molecule has 0 fully saturated rings. The summed E-state index contributed by atoms with van der Waals surface area (Å²) in [7, 11) is 0. The van der Waals surface area contributed by atoms with Crippen molar-refractivity contribution in [2.45, 2.75) is 13.8 Å². The number of carbonyl (C=O) groups is 1. The predicted octanol–water partition coefficient (Wildman–Crippen LogP) is 4.35. The zero-order chi connectivity index (χ0) is 18.4. The average molecular weight is 346 g/mol. The molecule has 0 aliphatic carbocycles. The molecule has 3 aromatic rings. The number of hydrogen-bond donors (Lipinski definition) is 0. The second-order valence-electron chi connectivity index (χ2n) is 5.78. The van der Waals surface area contributed by atoms with Gasteiger partial charge in [-0.1, -0.05) is 48.5 Å². The first-order valence-corrected chi connectivity index (χ1v) is 8.75. The Balaban J connectivity index is 2.19. The Labute approximate surface area is 153 Å². The van der Waals surface area contributed by atoms with Crippen LogP contribution in [-0.2, 0) is 0 Å². The van der Waals surface area contributed by atoms with Gasteiger partial charge < -0.3 is 4.90 Å². The Morgan fingerprint density at radius 3 is 2.19 bits per heavy atom. The molecule has 0 bridgehead atoms. The Morgan fingerprint density at radius 1 is 1.00 bits per heavy atom. The maximum Gasteiger partial charge on any atom is 0.168 e. The normalized spacial score (nSPS) is 11.0. The van der Waals surface area contributed by atoms with Gasteiger partial charge in [0.05, 0.1) is 17.6 Å². The maximum atomic E-state index is 11.9. The fraction of sp³-hybridized carbons (Fsp3) is 0.190. The van der Waals surface area contributed by atoms with Gasteiger partial charge in [0.15, 0.2) is 12.1 Å². The van der Waals surface area contributed by atoms with E-state index in [1.165, 1.54) is 0 Å². The second kappa shape index (κ2) is 8.25. The lowest BCUT2D eigenvalue weighted by molar-refractivity contribution is 0.112. The van der Waals surface area contributed by atoms with Gasteiger partial charge in [-0.25, -0.2) is 9.67 Å². The lowest BCUT2D eigenvalue weighted by Gasteiger charge is -2.13. The standard InChI is InChI=1S/C21H22N4O/c1-3-24(4-2)16-22-21-19(15-26)20(17-11-7-5-8-12-17)23-25(21)18-13-9-6-10-14-18/h5-16H,3-4H2,1-2H3/b22-16+. The lowest BCUT2D eigenvalue weighted by atomic mass is 10.1. The number of para-hydroxylation sites is 1. The molecule has 1 heterocycles. The van der Waals surface area contributed by atoms with Crippen LogP contribution >= 0.6 is 0 Å². The van der Waals surface area contributed by atoms with E-state index >= 15 is 0 Å². The fourth-order valence-electron chi connectivity index (χ4n) is 2.74. The molecule has 26 heavy (non-hydrogen) atoms. The largest absolute Gasteiger partial charge is 0.363 e. The summed E-state index contributed by atoms with van der Waals surface area (Å²) >= 11 is 0. The summed E-state index contributed by atoms with van der Waals surface area (Å²) in [6.07, 6.45) is 2.61. The monoisotopic (exact) mass is 346 g/mol. The molecule has 0 saturated heterocycles. The maximum absolute atomic E-state index is 11.9. The second-order valence-corrected chi connectivity index (χ2v) is 5.78. The zero-order valence-electron chi connectivity index (χ0n) is 15.0. The summed E-state index contributed by atoms with van der Waals surface area (Å²) in [6, 6.07) is 19.4. The highest BCUT2D eigenvalue weighted by molar-refractivity contribution is 5.92. The first-order valence-electron chi connectivity index (χ1n) is 8.75. The molecule has 0 aliphatic rings. The Kier molecular flexibility index (Phi) is 5.59. The summed E-state index contributed by atoms with van der Waals surface area (Å²) in [5.74, 6) is 0.539. The number of hydrogen-bond acceptors (Lipinski definition) is 3. The molecule has 0 radical (unpaired) electrons. The predicted molar refractivity (Wildman–Crippen MR) is 105 cm³/mol.